The number of ether oxygens (including phenoxy) is 3. The number of rotatable bonds is 24. The average molecular weight is 891 g/mol. The highest BCUT2D eigenvalue weighted by Gasteiger charge is 2.17. The lowest BCUT2D eigenvalue weighted by Gasteiger charge is -2.26. The van der Waals surface area contributed by atoms with E-state index in [2.05, 4.69) is 109 Å². The van der Waals surface area contributed by atoms with Crippen molar-refractivity contribution in [2.75, 3.05) is 24.7 Å². The summed E-state index contributed by atoms with van der Waals surface area (Å²) in [6.45, 7) is 4.19. The molecule has 0 saturated carbocycles. The number of hydrogen-bond acceptors (Lipinski definition) is 10. The second-order valence-corrected chi connectivity index (χ2v) is 16.1. The van der Waals surface area contributed by atoms with Crippen molar-refractivity contribution in [2.24, 2.45) is 0 Å². The van der Waals surface area contributed by atoms with Gasteiger partial charge >= 0.3 is 0 Å². The van der Waals surface area contributed by atoms with Crippen molar-refractivity contribution >= 4 is 17.1 Å². The minimum atomic E-state index is 0.651. The van der Waals surface area contributed by atoms with Gasteiger partial charge in [-0.15, -0.1) is 15.3 Å². The van der Waals surface area contributed by atoms with Crippen LogP contribution in [0.25, 0.3) is 33.8 Å². The third-order valence-electron chi connectivity index (χ3n) is 11.4. The second-order valence-electron chi connectivity index (χ2n) is 16.1. The molecule has 13 nitrogen and oxygen atoms in total. The quantitative estimate of drug-likeness (QED) is 0.0542. The zero-order valence-electron chi connectivity index (χ0n) is 37.5. The van der Waals surface area contributed by atoms with Crippen molar-refractivity contribution < 1.29 is 14.2 Å². The highest BCUT2D eigenvalue weighted by atomic mass is 16.5. The molecule has 0 aliphatic rings. The maximum Gasteiger partial charge on any atom is 0.119 e. The van der Waals surface area contributed by atoms with E-state index in [0.29, 0.717) is 19.8 Å². The monoisotopic (exact) mass is 890 g/mol. The highest BCUT2D eigenvalue weighted by molar-refractivity contribution is 5.80. The molecule has 0 unspecified atom stereocenters. The molecule has 0 aliphatic carbocycles. The molecular formula is C54H54N10O3. The van der Waals surface area contributed by atoms with E-state index < -0.39 is 0 Å². The van der Waals surface area contributed by atoms with E-state index in [-0.39, 0.29) is 0 Å². The van der Waals surface area contributed by atoms with Crippen molar-refractivity contribution in [1.82, 2.24) is 45.0 Å². The number of unbranched alkanes of at least 4 members (excludes halogenated alkanes) is 3. The Labute approximate surface area is 391 Å². The van der Waals surface area contributed by atoms with Gasteiger partial charge in [-0.3, -0.25) is 0 Å². The van der Waals surface area contributed by atoms with Crippen LogP contribution >= 0.6 is 0 Å². The summed E-state index contributed by atoms with van der Waals surface area (Å²) in [5.74, 6) is 2.67. The molecule has 3 heterocycles. The molecule has 0 amide bonds. The summed E-state index contributed by atoms with van der Waals surface area (Å²) >= 11 is 0. The molecule has 0 N–H and O–H groups in total. The number of para-hydroxylation sites is 3. The highest BCUT2D eigenvalue weighted by Crippen LogP contribution is 2.37. The van der Waals surface area contributed by atoms with E-state index in [0.717, 1.165) is 126 Å². The van der Waals surface area contributed by atoms with Gasteiger partial charge in [0.2, 0.25) is 0 Å². The fourth-order valence-corrected chi connectivity index (χ4v) is 7.94. The van der Waals surface area contributed by atoms with Crippen LogP contribution in [0, 0.1) is 0 Å². The van der Waals surface area contributed by atoms with Crippen molar-refractivity contribution in [3.8, 4) is 51.0 Å². The molecule has 0 atom stereocenters. The molecule has 9 aromatic rings. The fourth-order valence-electron chi connectivity index (χ4n) is 7.94. The molecule has 9 rings (SSSR count). The number of nitrogens with zero attached hydrogens (tertiary/aromatic N) is 10. The van der Waals surface area contributed by atoms with E-state index in [9.17, 15) is 0 Å². The van der Waals surface area contributed by atoms with Crippen molar-refractivity contribution in [3.63, 3.8) is 0 Å². The molecule has 0 fully saturated rings. The molecule has 0 spiro atoms. The maximum atomic E-state index is 5.91. The smallest absolute Gasteiger partial charge is 0.119 e. The average Bonchev–Trinajstić information content (AvgIpc) is 4.18. The molecule has 67 heavy (non-hydrogen) atoms. The van der Waals surface area contributed by atoms with Gasteiger partial charge in [0.25, 0.3) is 0 Å². The van der Waals surface area contributed by atoms with Gasteiger partial charge in [-0.25, -0.2) is 14.0 Å². The molecule has 0 radical (unpaired) electrons. The molecule has 0 saturated heterocycles. The predicted octanol–water partition coefficient (Wildman–Crippen LogP) is 11.5. The summed E-state index contributed by atoms with van der Waals surface area (Å²) in [6, 6.07) is 55.6. The Hall–Kier alpha value is -8.06. The van der Waals surface area contributed by atoms with Gasteiger partial charge in [0.1, 0.15) is 17.2 Å². The topological polar surface area (TPSA) is 123 Å². The van der Waals surface area contributed by atoms with Crippen LogP contribution in [0.1, 0.15) is 38.5 Å². The third kappa shape index (κ3) is 11.8. The Morgan fingerprint density at radius 3 is 0.896 bits per heavy atom. The van der Waals surface area contributed by atoms with Crippen LogP contribution in [0.5, 0.6) is 17.2 Å². The standard InChI is InChI=1S/C54H54N10O3/c1-4-16-49(17-5-1)65-37-13-10-34-61-52(40-55-58-61)43-22-28-46(29-23-43)64(47-30-24-44(25-31-47)53-41-56-59-62(53)35-11-14-38-66-50-18-6-2-7-19-50)48-32-26-45(27-33-48)54-42-57-60-63(54)36-12-15-39-67-51-20-8-3-9-21-51/h1-9,16-33,40-42H,10-15,34-39H2. The van der Waals surface area contributed by atoms with E-state index in [1.54, 1.807) is 0 Å². The zero-order chi connectivity index (χ0) is 45.3. The van der Waals surface area contributed by atoms with Crippen molar-refractivity contribution in [3.05, 3.63) is 182 Å². The van der Waals surface area contributed by atoms with Crippen LogP contribution in [0.2, 0.25) is 0 Å². The summed E-state index contributed by atoms with van der Waals surface area (Å²) in [6.07, 6.45) is 11.0. The van der Waals surface area contributed by atoms with Gasteiger partial charge < -0.3 is 19.1 Å². The third-order valence-corrected chi connectivity index (χ3v) is 11.4. The SMILES string of the molecule is c1ccc(OCCCCn2nncc2-c2ccc(N(c3ccc(-c4cnnn4CCCCOc4ccccc4)cc3)c3ccc(-c4cnnn4CCCCOc4ccccc4)cc3)cc2)cc1. The minimum absolute atomic E-state index is 0.651. The Morgan fingerprint density at radius 1 is 0.328 bits per heavy atom. The second kappa shape index (κ2) is 22.7. The first-order chi connectivity index (χ1) is 33.2. The summed E-state index contributed by atoms with van der Waals surface area (Å²) in [7, 11) is 0. The lowest BCUT2D eigenvalue weighted by atomic mass is 10.1. The fraction of sp³-hybridized carbons (Fsp3) is 0.222. The van der Waals surface area contributed by atoms with Gasteiger partial charge in [0.05, 0.1) is 55.5 Å². The number of aryl methyl sites for hydroxylation is 3. The van der Waals surface area contributed by atoms with Crippen LogP contribution in [-0.4, -0.2) is 64.8 Å². The summed E-state index contributed by atoms with van der Waals surface area (Å²) < 4.78 is 23.6. The summed E-state index contributed by atoms with van der Waals surface area (Å²) in [4.78, 5) is 2.27. The number of hydrogen-bond donors (Lipinski definition) is 0. The zero-order valence-corrected chi connectivity index (χ0v) is 37.5. The van der Waals surface area contributed by atoms with Crippen LogP contribution in [0.15, 0.2) is 182 Å². The van der Waals surface area contributed by atoms with E-state index in [1.165, 1.54) is 0 Å². The molecular weight excluding hydrogens is 837 g/mol. The molecule has 0 bridgehead atoms. The van der Waals surface area contributed by atoms with Gasteiger partial charge in [0, 0.05) is 53.4 Å². The van der Waals surface area contributed by atoms with Gasteiger partial charge in [-0.05, 0) is 111 Å². The number of aromatic nitrogens is 9. The van der Waals surface area contributed by atoms with Crippen LogP contribution in [0.3, 0.4) is 0 Å². The normalized spacial score (nSPS) is 11.1. The molecule has 3 aromatic heterocycles. The number of benzene rings is 6. The Morgan fingerprint density at radius 2 is 0.612 bits per heavy atom. The van der Waals surface area contributed by atoms with Crippen LogP contribution in [-0.2, 0) is 19.6 Å². The number of anilines is 3. The molecule has 338 valence electrons. The van der Waals surface area contributed by atoms with Crippen molar-refractivity contribution in [1.29, 1.82) is 0 Å². The first-order valence-electron chi connectivity index (χ1n) is 23.1. The van der Waals surface area contributed by atoms with Gasteiger partial charge in [-0.1, -0.05) is 107 Å². The Kier molecular flexibility index (Phi) is 15.0. The molecule has 13 heteroatoms. The van der Waals surface area contributed by atoms with E-state index >= 15 is 0 Å². The molecule has 0 aliphatic heterocycles. The minimum Gasteiger partial charge on any atom is -0.494 e. The molecule has 6 aromatic carbocycles. The van der Waals surface area contributed by atoms with Crippen LogP contribution in [0.4, 0.5) is 17.1 Å². The first-order valence-corrected chi connectivity index (χ1v) is 23.1. The summed E-state index contributed by atoms with van der Waals surface area (Å²) in [5, 5.41) is 26.1. The van der Waals surface area contributed by atoms with E-state index in [1.807, 2.05) is 124 Å². The van der Waals surface area contributed by atoms with Crippen LogP contribution < -0.4 is 19.1 Å². The van der Waals surface area contributed by atoms with E-state index in [4.69, 9.17) is 14.2 Å². The van der Waals surface area contributed by atoms with Gasteiger partial charge in [-0.2, -0.15) is 0 Å². The predicted molar refractivity (Wildman–Crippen MR) is 262 cm³/mol. The lowest BCUT2D eigenvalue weighted by Crippen LogP contribution is -2.10. The Balaban J connectivity index is 0.897. The van der Waals surface area contributed by atoms with Gasteiger partial charge in [0.15, 0.2) is 0 Å². The summed E-state index contributed by atoms with van der Waals surface area (Å²) in [5.41, 5.74) is 9.07. The largest absolute Gasteiger partial charge is 0.494 e. The Bertz CT molecular complexity index is 2520. The van der Waals surface area contributed by atoms with Crippen molar-refractivity contribution in [2.45, 2.75) is 58.2 Å². The lowest BCUT2D eigenvalue weighted by molar-refractivity contribution is 0.301. The maximum absolute atomic E-state index is 5.91. The first kappa shape index (κ1) is 44.2.